The Labute approximate surface area is 52.3 Å². The fraction of sp³-hybridized carbons (Fsp3) is 0.750. The van der Waals surface area contributed by atoms with Crippen molar-refractivity contribution in [3.05, 3.63) is 12.8 Å². The van der Waals surface area contributed by atoms with Crippen LogP contribution in [-0.2, 0) is 0 Å². The van der Waals surface area contributed by atoms with Gasteiger partial charge in [-0.25, -0.2) is 0 Å². The summed E-state index contributed by atoms with van der Waals surface area (Å²) in [5.74, 6) is 1.68. The minimum atomic E-state index is 0.839. The molecule has 0 bridgehead atoms. The Morgan fingerprint density at radius 1 is 1.00 bits per heavy atom. The van der Waals surface area contributed by atoms with Gasteiger partial charge in [-0.05, 0) is 37.5 Å². The quantitative estimate of drug-likeness (QED) is 0.449. The molecule has 0 aromatic carbocycles. The summed E-state index contributed by atoms with van der Waals surface area (Å²) in [6, 6.07) is 0. The van der Waals surface area contributed by atoms with E-state index >= 15 is 0 Å². The molecule has 0 heteroatoms. The first kappa shape index (κ1) is 6.12. The van der Waals surface area contributed by atoms with Gasteiger partial charge in [0, 0.05) is 0 Å². The van der Waals surface area contributed by atoms with Crippen LogP contribution in [0.5, 0.6) is 0 Å². The van der Waals surface area contributed by atoms with Crippen LogP contribution >= 0.6 is 0 Å². The molecule has 0 heterocycles. The van der Waals surface area contributed by atoms with Crippen molar-refractivity contribution in [1.29, 1.82) is 0 Å². The number of hydrogen-bond donors (Lipinski definition) is 0. The van der Waals surface area contributed by atoms with Gasteiger partial charge >= 0.3 is 0 Å². The molecular formula is C8H14. The maximum Gasteiger partial charge on any atom is -0.0355 e. The van der Waals surface area contributed by atoms with E-state index in [-0.39, 0.29) is 0 Å². The molecule has 2 atom stereocenters. The summed E-state index contributed by atoms with van der Waals surface area (Å²) in [6.45, 7) is 4.56. The molecule has 1 aliphatic carbocycles. The predicted molar refractivity (Wildman–Crippen MR) is 36.2 cm³/mol. The maximum absolute atomic E-state index is 2.42. The van der Waals surface area contributed by atoms with Gasteiger partial charge in [0.1, 0.15) is 0 Å². The van der Waals surface area contributed by atoms with E-state index in [0.29, 0.717) is 0 Å². The lowest BCUT2D eigenvalue weighted by molar-refractivity contribution is 0.473. The van der Waals surface area contributed by atoms with Crippen LogP contribution in [0.4, 0.5) is 0 Å². The zero-order chi connectivity index (χ0) is 5.98. The number of rotatable bonds is 0. The summed E-state index contributed by atoms with van der Waals surface area (Å²) in [6.07, 6.45) is 7.43. The Bertz CT molecular complexity index is 48.4. The van der Waals surface area contributed by atoms with E-state index in [4.69, 9.17) is 0 Å². The molecule has 0 aromatic rings. The molecule has 0 amide bonds. The van der Waals surface area contributed by atoms with Crippen LogP contribution in [0.3, 0.4) is 0 Å². The molecular weight excluding hydrogens is 96.1 g/mol. The van der Waals surface area contributed by atoms with Gasteiger partial charge in [0.25, 0.3) is 0 Å². The van der Waals surface area contributed by atoms with E-state index in [0.717, 1.165) is 11.8 Å². The van der Waals surface area contributed by atoms with Crippen LogP contribution in [0.1, 0.15) is 26.7 Å². The molecule has 0 spiro atoms. The molecule has 0 aromatic heterocycles. The second-order valence-corrected chi connectivity index (χ2v) is 2.90. The molecule has 46 valence electrons. The monoisotopic (exact) mass is 110 g/mol. The molecule has 0 nitrogen and oxygen atoms in total. The minimum Gasteiger partial charge on any atom is -0.0622 e. The highest BCUT2D eigenvalue weighted by Gasteiger charge is 2.13. The zero-order valence-electron chi connectivity index (χ0n) is 5.72. The molecule has 0 unspecified atom stereocenters. The zero-order valence-corrected chi connectivity index (χ0v) is 5.72. The van der Waals surface area contributed by atoms with E-state index in [1.807, 2.05) is 0 Å². The second-order valence-electron chi connectivity index (χ2n) is 2.90. The van der Waals surface area contributed by atoms with E-state index < -0.39 is 0 Å². The third-order valence-corrected chi connectivity index (χ3v) is 1.82. The van der Waals surface area contributed by atoms with Gasteiger partial charge in [0.05, 0.1) is 0 Å². The normalized spacial score (nSPS) is 39.8. The lowest BCUT2D eigenvalue weighted by atomic mass is 9.84. The molecule has 1 saturated carbocycles. The van der Waals surface area contributed by atoms with Gasteiger partial charge < -0.3 is 0 Å². The van der Waals surface area contributed by atoms with Crippen LogP contribution < -0.4 is 0 Å². The summed E-state index contributed by atoms with van der Waals surface area (Å²) in [4.78, 5) is 0. The summed E-state index contributed by atoms with van der Waals surface area (Å²) < 4.78 is 0. The van der Waals surface area contributed by atoms with Crippen LogP contribution in [0.15, 0.2) is 0 Å². The Kier molecular flexibility index (Phi) is 1.93. The van der Waals surface area contributed by atoms with Crippen LogP contribution in [-0.4, -0.2) is 0 Å². The van der Waals surface area contributed by atoms with Crippen LogP contribution in [0.25, 0.3) is 0 Å². The van der Waals surface area contributed by atoms with Gasteiger partial charge in [0.2, 0.25) is 0 Å². The first-order valence-corrected chi connectivity index (χ1v) is 3.45. The van der Waals surface area contributed by atoms with Crippen molar-refractivity contribution in [1.82, 2.24) is 0 Å². The highest BCUT2D eigenvalue weighted by molar-refractivity contribution is 4.90. The van der Waals surface area contributed by atoms with Crippen molar-refractivity contribution >= 4 is 0 Å². The largest absolute Gasteiger partial charge is 0.0622 e. The van der Waals surface area contributed by atoms with Crippen molar-refractivity contribution < 1.29 is 0 Å². The lowest BCUT2D eigenvalue weighted by Gasteiger charge is -2.21. The second kappa shape index (κ2) is 2.52. The summed E-state index contributed by atoms with van der Waals surface area (Å²) in [7, 11) is 0. The van der Waals surface area contributed by atoms with E-state index in [9.17, 15) is 0 Å². The average Bonchev–Trinajstić information content (AvgIpc) is 1.77. The Balaban J connectivity index is 2.19. The molecule has 2 radical (unpaired) electrons. The van der Waals surface area contributed by atoms with E-state index in [1.54, 1.807) is 0 Å². The van der Waals surface area contributed by atoms with Crippen molar-refractivity contribution in [2.24, 2.45) is 11.8 Å². The molecule has 0 saturated heterocycles. The Morgan fingerprint density at radius 3 is 1.62 bits per heavy atom. The molecule has 0 N–H and O–H groups in total. The molecule has 1 aliphatic rings. The topological polar surface area (TPSA) is 0 Å². The van der Waals surface area contributed by atoms with Gasteiger partial charge in [-0.15, -0.1) is 0 Å². The summed E-state index contributed by atoms with van der Waals surface area (Å²) >= 11 is 0. The van der Waals surface area contributed by atoms with E-state index in [1.165, 1.54) is 12.8 Å². The smallest absolute Gasteiger partial charge is 0.0355 e. The van der Waals surface area contributed by atoms with Crippen LogP contribution in [0, 0.1) is 24.7 Å². The number of hydrogen-bond acceptors (Lipinski definition) is 0. The van der Waals surface area contributed by atoms with Crippen molar-refractivity contribution in [2.75, 3.05) is 0 Å². The first-order chi connectivity index (χ1) is 3.79. The molecule has 1 fully saturated rings. The van der Waals surface area contributed by atoms with Crippen molar-refractivity contribution in [3.63, 3.8) is 0 Å². The average molecular weight is 110 g/mol. The SMILES string of the molecule is C[C@@H]1[CH]C[C@@H](C)[CH]C1. The van der Waals surface area contributed by atoms with Crippen molar-refractivity contribution in [3.8, 4) is 0 Å². The standard InChI is InChI=1S/C8H14/c1-7-3-5-8(2)6-4-7/h3,6-8H,4-5H2,1-2H3/t7-,8-. The van der Waals surface area contributed by atoms with E-state index in [2.05, 4.69) is 26.7 Å². The Hall–Kier alpha value is 0. The summed E-state index contributed by atoms with van der Waals surface area (Å²) in [5.41, 5.74) is 0. The lowest BCUT2D eigenvalue weighted by Crippen LogP contribution is -2.10. The third kappa shape index (κ3) is 1.50. The van der Waals surface area contributed by atoms with Gasteiger partial charge in [-0.2, -0.15) is 0 Å². The minimum absolute atomic E-state index is 0.839. The fourth-order valence-corrected chi connectivity index (χ4v) is 1.09. The molecule has 0 aliphatic heterocycles. The predicted octanol–water partition coefficient (Wildman–Crippen LogP) is 2.46. The highest BCUT2D eigenvalue weighted by Crippen LogP contribution is 2.25. The fourth-order valence-electron chi connectivity index (χ4n) is 1.09. The van der Waals surface area contributed by atoms with Gasteiger partial charge in [0.15, 0.2) is 0 Å². The molecule has 8 heavy (non-hydrogen) atoms. The highest BCUT2D eigenvalue weighted by atomic mass is 14.2. The van der Waals surface area contributed by atoms with Crippen molar-refractivity contribution in [2.45, 2.75) is 26.7 Å². The first-order valence-electron chi connectivity index (χ1n) is 3.45. The van der Waals surface area contributed by atoms with Crippen LogP contribution in [0.2, 0.25) is 0 Å². The molecule has 1 rings (SSSR count). The van der Waals surface area contributed by atoms with Gasteiger partial charge in [-0.1, -0.05) is 13.8 Å². The van der Waals surface area contributed by atoms with Gasteiger partial charge in [-0.3, -0.25) is 0 Å². The summed E-state index contributed by atoms with van der Waals surface area (Å²) in [5, 5.41) is 0. The Morgan fingerprint density at radius 2 is 1.38 bits per heavy atom. The third-order valence-electron chi connectivity index (χ3n) is 1.82. The maximum atomic E-state index is 2.42.